The van der Waals surface area contributed by atoms with Crippen LogP contribution in [0.15, 0.2) is 54.4 Å². The number of amidine groups is 1. The van der Waals surface area contributed by atoms with E-state index in [1.807, 2.05) is 19.2 Å². The smallest absolute Gasteiger partial charge is 0.246 e. The van der Waals surface area contributed by atoms with Gasteiger partial charge < -0.3 is 25.7 Å². The molecule has 1 aliphatic heterocycles. The Balaban J connectivity index is 1.52. The Morgan fingerprint density at radius 1 is 1.35 bits per heavy atom. The van der Waals surface area contributed by atoms with Gasteiger partial charge in [-0.25, -0.2) is 20.8 Å². The molecule has 0 spiro atoms. The molecule has 0 radical (unpaired) electrons. The number of anilines is 3. The second-order valence-electron chi connectivity index (χ2n) is 8.52. The fraction of sp³-hybridized carbons (Fsp3) is 0.292. The number of hydrogen-bond acceptors (Lipinski definition) is 10. The van der Waals surface area contributed by atoms with Crippen molar-refractivity contribution in [2.75, 3.05) is 44.0 Å². The van der Waals surface area contributed by atoms with Gasteiger partial charge in [-0.1, -0.05) is 18.2 Å². The highest BCUT2D eigenvalue weighted by Crippen LogP contribution is 2.31. The molecule has 1 fully saturated rings. The predicted molar refractivity (Wildman–Crippen MR) is 145 cm³/mol. The van der Waals surface area contributed by atoms with Crippen LogP contribution < -0.4 is 26.6 Å². The van der Waals surface area contributed by atoms with Gasteiger partial charge in [0.1, 0.15) is 30.0 Å². The molecule has 12 nitrogen and oxygen atoms in total. The molecule has 1 atom stereocenters. The maximum atomic E-state index is 12.0. The Morgan fingerprint density at radius 2 is 2.16 bits per heavy atom. The summed E-state index contributed by atoms with van der Waals surface area (Å²) in [4.78, 5) is 29.4. The zero-order valence-electron chi connectivity index (χ0n) is 20.6. The van der Waals surface area contributed by atoms with E-state index in [0.29, 0.717) is 52.2 Å². The zero-order valence-corrected chi connectivity index (χ0v) is 21.4. The molecular formula is C24H29ClN10O2. The van der Waals surface area contributed by atoms with Gasteiger partial charge in [0.25, 0.3) is 0 Å². The quantitative estimate of drug-likeness (QED) is 0.131. The van der Waals surface area contributed by atoms with E-state index in [1.54, 1.807) is 30.1 Å². The van der Waals surface area contributed by atoms with Crippen molar-refractivity contribution in [3.8, 4) is 5.75 Å². The van der Waals surface area contributed by atoms with Crippen LogP contribution in [-0.4, -0.2) is 76.4 Å². The standard InChI is InChI=1S/C24H29ClN10O2/c1-4-22(36)35-10-9-16(12-35)33(2)20-8-6-18-23(31-20)24(29-14-28-18)30-15-5-7-19(17(25)11-15)37-13-21(32-26)34(3)27/h4-8,11,14,16H,1,9-10,12-13,26-27H2,2-3H3,(H,28,29,30)/b32-21-. The molecule has 5 N–H and O–H groups in total. The Bertz CT molecular complexity index is 1330. The summed E-state index contributed by atoms with van der Waals surface area (Å²) < 4.78 is 5.68. The number of nitrogens with two attached hydrogens (primary N) is 2. The highest BCUT2D eigenvalue weighted by atomic mass is 35.5. The number of ether oxygens (including phenoxy) is 1. The Morgan fingerprint density at radius 3 is 2.86 bits per heavy atom. The number of hydrazone groups is 1. The first-order chi connectivity index (χ1) is 17.8. The number of carbonyl (C=O) groups excluding carboxylic acids is 1. The summed E-state index contributed by atoms with van der Waals surface area (Å²) >= 11 is 6.43. The number of nitrogens with one attached hydrogen (secondary N) is 1. The lowest BCUT2D eigenvalue weighted by atomic mass is 10.2. The van der Waals surface area contributed by atoms with Crippen molar-refractivity contribution in [1.29, 1.82) is 0 Å². The minimum atomic E-state index is -0.0583. The lowest BCUT2D eigenvalue weighted by Gasteiger charge is -2.26. The molecule has 1 aromatic carbocycles. The summed E-state index contributed by atoms with van der Waals surface area (Å²) in [6.07, 6.45) is 3.67. The summed E-state index contributed by atoms with van der Waals surface area (Å²) in [5.41, 5.74) is 1.99. The summed E-state index contributed by atoms with van der Waals surface area (Å²) in [7, 11) is 3.58. The number of likely N-dealkylation sites (tertiary alicyclic amines) is 1. The first-order valence-electron chi connectivity index (χ1n) is 11.5. The van der Waals surface area contributed by atoms with Crippen LogP contribution in [0.3, 0.4) is 0 Å². The van der Waals surface area contributed by atoms with Crippen LogP contribution in [-0.2, 0) is 4.79 Å². The summed E-state index contributed by atoms with van der Waals surface area (Å²) in [6, 6.07) is 9.21. The van der Waals surface area contributed by atoms with Gasteiger partial charge in [0.15, 0.2) is 11.7 Å². The number of amides is 1. The first kappa shape index (κ1) is 25.9. The van der Waals surface area contributed by atoms with Crippen LogP contribution in [0.1, 0.15) is 6.42 Å². The molecule has 37 heavy (non-hydrogen) atoms. The maximum absolute atomic E-state index is 12.0. The summed E-state index contributed by atoms with van der Waals surface area (Å²) in [5.74, 6) is 13.0. The maximum Gasteiger partial charge on any atom is 0.246 e. The molecule has 1 saturated heterocycles. The highest BCUT2D eigenvalue weighted by molar-refractivity contribution is 6.32. The molecule has 13 heteroatoms. The number of halogens is 1. The third-order valence-corrected chi connectivity index (χ3v) is 6.43. The van der Waals surface area contributed by atoms with Gasteiger partial charge in [-0.05, 0) is 42.8 Å². The molecule has 3 aromatic rings. The number of pyridine rings is 1. The molecule has 0 bridgehead atoms. The van der Waals surface area contributed by atoms with E-state index < -0.39 is 0 Å². The molecule has 194 valence electrons. The number of benzene rings is 1. The number of aromatic nitrogens is 3. The van der Waals surface area contributed by atoms with Crippen molar-refractivity contribution in [2.24, 2.45) is 16.8 Å². The van der Waals surface area contributed by atoms with Gasteiger partial charge in [0.2, 0.25) is 5.91 Å². The number of rotatable bonds is 8. The Labute approximate surface area is 219 Å². The van der Waals surface area contributed by atoms with Gasteiger partial charge in [-0.15, -0.1) is 0 Å². The monoisotopic (exact) mass is 524 g/mol. The number of likely N-dealkylation sites (N-methyl/N-ethyl adjacent to an activating group) is 2. The second kappa shape index (κ2) is 11.3. The van der Waals surface area contributed by atoms with Gasteiger partial charge in [0.05, 0.1) is 10.5 Å². The number of nitrogens with zero attached hydrogens (tertiary/aromatic N) is 7. The molecule has 1 aliphatic rings. The normalized spacial score (nSPS) is 15.5. The van der Waals surface area contributed by atoms with Crippen molar-refractivity contribution in [2.45, 2.75) is 12.5 Å². The van der Waals surface area contributed by atoms with Crippen molar-refractivity contribution in [1.82, 2.24) is 24.9 Å². The third kappa shape index (κ3) is 5.81. The molecule has 2 aromatic heterocycles. The average Bonchev–Trinajstić information content (AvgIpc) is 3.39. The number of hydrazine groups is 1. The van der Waals surface area contributed by atoms with Crippen LogP contribution in [0, 0.1) is 0 Å². The minimum Gasteiger partial charge on any atom is -0.484 e. The van der Waals surface area contributed by atoms with E-state index >= 15 is 0 Å². The molecule has 3 heterocycles. The van der Waals surface area contributed by atoms with Crippen molar-refractivity contribution >= 4 is 51.7 Å². The van der Waals surface area contributed by atoms with Crippen LogP contribution in [0.5, 0.6) is 5.75 Å². The van der Waals surface area contributed by atoms with Crippen LogP contribution in [0.4, 0.5) is 17.3 Å². The molecule has 4 rings (SSSR count). The largest absolute Gasteiger partial charge is 0.484 e. The van der Waals surface area contributed by atoms with E-state index in [2.05, 4.69) is 31.9 Å². The summed E-state index contributed by atoms with van der Waals surface area (Å²) in [5, 5.41) is 8.50. The molecule has 0 aliphatic carbocycles. The zero-order chi connectivity index (χ0) is 26.5. The van der Waals surface area contributed by atoms with Crippen molar-refractivity contribution < 1.29 is 9.53 Å². The van der Waals surface area contributed by atoms with E-state index in [9.17, 15) is 4.79 Å². The number of hydrogen-bond donors (Lipinski definition) is 3. The third-order valence-electron chi connectivity index (χ3n) is 6.13. The Kier molecular flexibility index (Phi) is 7.89. The first-order valence-corrected chi connectivity index (χ1v) is 11.9. The minimum absolute atomic E-state index is 0.0583. The molecule has 1 unspecified atom stereocenters. The van der Waals surface area contributed by atoms with E-state index in [0.717, 1.165) is 12.2 Å². The average molecular weight is 525 g/mol. The number of fused-ring (bicyclic) bond motifs is 1. The summed E-state index contributed by atoms with van der Waals surface area (Å²) in [6.45, 7) is 4.94. The topological polar surface area (TPSA) is 151 Å². The van der Waals surface area contributed by atoms with Crippen LogP contribution in [0.25, 0.3) is 11.0 Å². The van der Waals surface area contributed by atoms with Gasteiger partial charge >= 0.3 is 0 Å². The van der Waals surface area contributed by atoms with E-state index in [4.69, 9.17) is 33.0 Å². The van der Waals surface area contributed by atoms with E-state index in [1.165, 1.54) is 17.4 Å². The van der Waals surface area contributed by atoms with Gasteiger partial charge in [-0.3, -0.25) is 9.80 Å². The lowest BCUT2D eigenvalue weighted by Crippen LogP contribution is -2.37. The fourth-order valence-corrected chi connectivity index (χ4v) is 4.23. The molecular weight excluding hydrogens is 496 g/mol. The van der Waals surface area contributed by atoms with Crippen molar-refractivity contribution in [3.63, 3.8) is 0 Å². The second-order valence-corrected chi connectivity index (χ2v) is 8.92. The lowest BCUT2D eigenvalue weighted by molar-refractivity contribution is -0.125. The van der Waals surface area contributed by atoms with E-state index in [-0.39, 0.29) is 18.6 Å². The van der Waals surface area contributed by atoms with Crippen LogP contribution in [0.2, 0.25) is 5.02 Å². The van der Waals surface area contributed by atoms with Crippen LogP contribution >= 0.6 is 11.6 Å². The fourth-order valence-electron chi connectivity index (χ4n) is 4.00. The SMILES string of the molecule is C=CC(=O)N1CCC(N(C)c2ccc3ncnc(Nc4ccc(OC/C(=N/N)N(C)N)c(Cl)c4)c3n2)C1. The highest BCUT2D eigenvalue weighted by Gasteiger charge is 2.28. The Hall–Kier alpha value is -4.16. The number of carbonyl (C=O) groups is 1. The molecule has 0 saturated carbocycles. The van der Waals surface area contributed by atoms with Gasteiger partial charge in [0, 0.05) is 38.9 Å². The van der Waals surface area contributed by atoms with Crippen molar-refractivity contribution in [3.05, 3.63) is 54.3 Å². The predicted octanol–water partition coefficient (Wildman–Crippen LogP) is 2.10. The van der Waals surface area contributed by atoms with Gasteiger partial charge in [-0.2, -0.15) is 5.10 Å². The molecule has 1 amide bonds.